The molecule has 4 rings (SSSR count). The van der Waals surface area contributed by atoms with Gasteiger partial charge in [-0.05, 0) is 55.5 Å². The monoisotopic (exact) mass is 369 g/mol. The number of pyridine rings is 1. The molecule has 0 aliphatic carbocycles. The quantitative estimate of drug-likeness (QED) is 0.449. The Kier molecular flexibility index (Phi) is 4.52. The number of nitrogens with zero attached hydrogens (tertiary/aromatic N) is 1. The number of rotatable bonds is 3. The van der Waals surface area contributed by atoms with Crippen molar-refractivity contribution in [3.63, 3.8) is 0 Å². The number of aryl methyl sites for hydroxylation is 4. The van der Waals surface area contributed by atoms with Crippen LogP contribution in [-0.2, 0) is 7.05 Å². The van der Waals surface area contributed by atoms with Crippen LogP contribution >= 0.6 is 0 Å². The molecule has 1 aromatic heterocycles. The van der Waals surface area contributed by atoms with Crippen molar-refractivity contribution in [2.75, 3.05) is 0 Å². The molecule has 0 fully saturated rings. The molecule has 4 aromatic rings. The molecule has 0 radical (unpaired) electrons. The highest BCUT2D eigenvalue weighted by Gasteiger charge is 2.15. The maximum absolute atomic E-state index is 12.6. The number of aromatic nitrogens is 1. The third-order valence-electron chi connectivity index (χ3n) is 5.14. The number of hydrogen-bond acceptors (Lipinski definition) is 2. The smallest absolute Gasteiger partial charge is 0.258 e. The molecule has 140 valence electrons. The summed E-state index contributed by atoms with van der Waals surface area (Å²) in [6, 6.07) is 20.1. The zero-order chi connectivity index (χ0) is 19.8. The van der Waals surface area contributed by atoms with Crippen LogP contribution in [0.4, 0.5) is 0 Å². The Morgan fingerprint density at radius 2 is 1.46 bits per heavy atom. The van der Waals surface area contributed by atoms with Gasteiger partial charge in [0.05, 0.1) is 0 Å². The minimum Gasteiger partial charge on any atom is -0.456 e. The van der Waals surface area contributed by atoms with E-state index < -0.39 is 0 Å². The second-order valence-corrected chi connectivity index (χ2v) is 7.33. The summed E-state index contributed by atoms with van der Waals surface area (Å²) in [5.41, 5.74) is 5.30. The van der Waals surface area contributed by atoms with Crippen LogP contribution < -0.4 is 10.3 Å². The molecule has 0 atom stereocenters. The highest BCUT2D eigenvalue weighted by Crippen LogP contribution is 2.38. The van der Waals surface area contributed by atoms with E-state index in [4.69, 9.17) is 4.74 Å². The van der Waals surface area contributed by atoms with Gasteiger partial charge in [0.25, 0.3) is 5.56 Å². The maximum Gasteiger partial charge on any atom is 0.258 e. The van der Waals surface area contributed by atoms with E-state index in [1.807, 2.05) is 42.6 Å². The van der Waals surface area contributed by atoms with E-state index in [0.717, 1.165) is 44.7 Å². The Balaban J connectivity index is 1.98. The molecule has 0 saturated carbocycles. The average molecular weight is 369 g/mol. The predicted molar refractivity (Wildman–Crippen MR) is 115 cm³/mol. The molecule has 28 heavy (non-hydrogen) atoms. The number of para-hydroxylation sites is 1. The molecule has 0 unspecified atom stereocenters. The highest BCUT2D eigenvalue weighted by molar-refractivity contribution is 5.97. The van der Waals surface area contributed by atoms with Gasteiger partial charge < -0.3 is 9.30 Å². The minimum absolute atomic E-state index is 0.00391. The van der Waals surface area contributed by atoms with Crippen molar-refractivity contribution in [2.24, 2.45) is 7.05 Å². The van der Waals surface area contributed by atoms with Crippen LogP contribution in [0.3, 0.4) is 0 Å². The van der Waals surface area contributed by atoms with E-state index in [-0.39, 0.29) is 5.56 Å². The lowest BCUT2D eigenvalue weighted by atomic mass is 9.98. The van der Waals surface area contributed by atoms with Gasteiger partial charge in [0.15, 0.2) is 0 Å². The van der Waals surface area contributed by atoms with Crippen molar-refractivity contribution in [1.82, 2.24) is 4.57 Å². The lowest BCUT2D eigenvalue weighted by molar-refractivity contribution is 0.477. The molecule has 0 aliphatic rings. The summed E-state index contributed by atoms with van der Waals surface area (Å²) in [7, 11) is 1.79. The van der Waals surface area contributed by atoms with Crippen molar-refractivity contribution in [3.05, 3.63) is 93.9 Å². The Labute approximate surface area is 164 Å². The van der Waals surface area contributed by atoms with E-state index in [9.17, 15) is 4.79 Å². The van der Waals surface area contributed by atoms with Crippen molar-refractivity contribution >= 4 is 10.8 Å². The van der Waals surface area contributed by atoms with Crippen LogP contribution in [-0.4, -0.2) is 4.57 Å². The Morgan fingerprint density at radius 1 is 0.786 bits per heavy atom. The molecule has 0 aliphatic heterocycles. The third kappa shape index (κ3) is 3.09. The largest absolute Gasteiger partial charge is 0.456 e. The SMILES string of the molecule is Cc1ccc(Oc2c(C)cccc2C)c(-c2cn(C)c(=O)c3ccccc23)c1. The van der Waals surface area contributed by atoms with E-state index in [0.29, 0.717) is 5.39 Å². The molecule has 3 heteroatoms. The highest BCUT2D eigenvalue weighted by atomic mass is 16.5. The summed E-state index contributed by atoms with van der Waals surface area (Å²) in [5.74, 6) is 1.66. The van der Waals surface area contributed by atoms with Crippen LogP contribution in [0.1, 0.15) is 16.7 Å². The van der Waals surface area contributed by atoms with Gasteiger partial charge in [-0.15, -0.1) is 0 Å². The predicted octanol–water partition coefficient (Wildman–Crippen LogP) is 5.92. The van der Waals surface area contributed by atoms with Crippen molar-refractivity contribution in [3.8, 4) is 22.6 Å². The molecular weight excluding hydrogens is 346 g/mol. The fourth-order valence-corrected chi connectivity index (χ4v) is 3.64. The normalized spacial score (nSPS) is 11.0. The van der Waals surface area contributed by atoms with E-state index in [2.05, 4.69) is 45.0 Å². The van der Waals surface area contributed by atoms with Gasteiger partial charge in [-0.25, -0.2) is 0 Å². The molecule has 1 heterocycles. The third-order valence-corrected chi connectivity index (χ3v) is 5.14. The number of ether oxygens (including phenoxy) is 1. The summed E-state index contributed by atoms with van der Waals surface area (Å²) in [5, 5.41) is 1.64. The first-order valence-electron chi connectivity index (χ1n) is 9.39. The number of hydrogen-bond donors (Lipinski definition) is 0. The van der Waals surface area contributed by atoms with Crippen LogP contribution in [0, 0.1) is 20.8 Å². The van der Waals surface area contributed by atoms with E-state index in [1.54, 1.807) is 11.6 Å². The Morgan fingerprint density at radius 3 is 2.18 bits per heavy atom. The number of fused-ring (bicyclic) bond motifs is 1. The van der Waals surface area contributed by atoms with E-state index in [1.165, 1.54) is 0 Å². The van der Waals surface area contributed by atoms with E-state index >= 15 is 0 Å². The first-order chi connectivity index (χ1) is 13.5. The second-order valence-electron chi connectivity index (χ2n) is 7.33. The second kappa shape index (κ2) is 7.01. The topological polar surface area (TPSA) is 31.2 Å². The molecule has 0 amide bonds. The van der Waals surface area contributed by atoms with Gasteiger partial charge in [-0.1, -0.05) is 48.0 Å². The summed E-state index contributed by atoms with van der Waals surface area (Å²) < 4.78 is 8.05. The van der Waals surface area contributed by atoms with Gasteiger partial charge in [0.1, 0.15) is 11.5 Å². The maximum atomic E-state index is 12.6. The first-order valence-corrected chi connectivity index (χ1v) is 9.39. The van der Waals surface area contributed by atoms with Crippen LogP contribution in [0.2, 0.25) is 0 Å². The Hall–Kier alpha value is -3.33. The lowest BCUT2D eigenvalue weighted by Gasteiger charge is -2.17. The van der Waals surface area contributed by atoms with Gasteiger partial charge in [0, 0.05) is 29.8 Å². The number of benzene rings is 3. The standard InChI is InChI=1S/C25H23NO2/c1-16-12-13-23(28-24-17(2)8-7-9-18(24)3)21(14-16)22-15-26(4)25(27)20-11-6-5-10-19(20)22/h5-15H,1-4H3. The Bertz CT molecular complexity index is 1230. The summed E-state index contributed by atoms with van der Waals surface area (Å²) in [6.07, 6.45) is 1.90. The molecular formula is C25H23NO2. The molecule has 3 aromatic carbocycles. The zero-order valence-corrected chi connectivity index (χ0v) is 16.6. The lowest BCUT2D eigenvalue weighted by Crippen LogP contribution is -2.16. The summed E-state index contributed by atoms with van der Waals surface area (Å²) in [4.78, 5) is 12.6. The molecule has 0 spiro atoms. The summed E-state index contributed by atoms with van der Waals surface area (Å²) in [6.45, 7) is 6.17. The molecule has 0 bridgehead atoms. The fourth-order valence-electron chi connectivity index (χ4n) is 3.64. The van der Waals surface area contributed by atoms with Gasteiger partial charge >= 0.3 is 0 Å². The first kappa shape index (κ1) is 18.1. The van der Waals surface area contributed by atoms with Crippen molar-refractivity contribution in [2.45, 2.75) is 20.8 Å². The fraction of sp³-hybridized carbons (Fsp3) is 0.160. The van der Waals surface area contributed by atoms with Gasteiger partial charge in [-0.2, -0.15) is 0 Å². The van der Waals surface area contributed by atoms with Crippen molar-refractivity contribution in [1.29, 1.82) is 0 Å². The minimum atomic E-state index is 0.00391. The average Bonchev–Trinajstić information content (AvgIpc) is 2.69. The van der Waals surface area contributed by atoms with Gasteiger partial charge in [0.2, 0.25) is 0 Å². The summed E-state index contributed by atoms with van der Waals surface area (Å²) >= 11 is 0. The molecule has 3 nitrogen and oxygen atoms in total. The van der Waals surface area contributed by atoms with Crippen molar-refractivity contribution < 1.29 is 4.74 Å². The van der Waals surface area contributed by atoms with Gasteiger partial charge in [-0.3, -0.25) is 4.79 Å². The van der Waals surface area contributed by atoms with Crippen LogP contribution in [0.5, 0.6) is 11.5 Å². The molecule has 0 saturated heterocycles. The van der Waals surface area contributed by atoms with Crippen LogP contribution in [0.15, 0.2) is 71.7 Å². The zero-order valence-electron chi connectivity index (χ0n) is 16.6. The molecule has 0 N–H and O–H groups in total. The van der Waals surface area contributed by atoms with Crippen LogP contribution in [0.25, 0.3) is 21.9 Å².